The van der Waals surface area contributed by atoms with Crippen LogP contribution in [0.3, 0.4) is 0 Å². The lowest BCUT2D eigenvalue weighted by atomic mass is 10.0. The number of thiol groups is 1. The molecule has 0 bridgehead atoms. The van der Waals surface area contributed by atoms with Gasteiger partial charge in [-0.1, -0.05) is 72.8 Å². The van der Waals surface area contributed by atoms with E-state index >= 15 is 0 Å². The molecule has 7 nitrogen and oxygen atoms in total. The summed E-state index contributed by atoms with van der Waals surface area (Å²) in [6, 6.07) is 24.0. The minimum Gasteiger partial charge on any atom is -0.355 e. The Bertz CT molecular complexity index is 1260. The van der Waals surface area contributed by atoms with Crippen LogP contribution in [-0.4, -0.2) is 39.1 Å². The molecule has 2 amide bonds. The largest absolute Gasteiger partial charge is 0.355 e. The van der Waals surface area contributed by atoms with E-state index in [0.717, 1.165) is 23.6 Å². The van der Waals surface area contributed by atoms with Gasteiger partial charge in [0.15, 0.2) is 0 Å². The van der Waals surface area contributed by atoms with Crippen molar-refractivity contribution >= 4 is 34.5 Å². The van der Waals surface area contributed by atoms with Gasteiger partial charge in [-0.2, -0.15) is 12.6 Å². The number of hydrogen-bond donors (Lipinski definition) is 4. The van der Waals surface area contributed by atoms with Crippen molar-refractivity contribution in [2.24, 2.45) is 5.92 Å². The van der Waals surface area contributed by atoms with Crippen molar-refractivity contribution in [1.29, 1.82) is 0 Å². The summed E-state index contributed by atoms with van der Waals surface area (Å²) < 4.78 is 27.1. The maximum atomic E-state index is 12.5. The van der Waals surface area contributed by atoms with Gasteiger partial charge < -0.3 is 10.6 Å². The van der Waals surface area contributed by atoms with Gasteiger partial charge in [-0.3, -0.25) is 9.59 Å². The molecule has 0 aliphatic carbocycles. The number of hydrogen-bond acceptors (Lipinski definition) is 6. The zero-order valence-corrected chi connectivity index (χ0v) is 21.8. The number of benzene rings is 3. The van der Waals surface area contributed by atoms with Crippen molar-refractivity contribution < 1.29 is 18.0 Å². The predicted molar refractivity (Wildman–Crippen MR) is 145 cm³/mol. The maximum absolute atomic E-state index is 12.5. The normalized spacial score (nSPS) is 12.1. The molecule has 3 rings (SSSR count). The number of nitrogens with one attached hydrogen (secondary N) is 3. The van der Waals surface area contributed by atoms with Crippen molar-refractivity contribution in [1.82, 2.24) is 15.4 Å². The third-order valence-electron chi connectivity index (χ3n) is 5.57. The molecule has 190 valence electrons. The van der Waals surface area contributed by atoms with Crippen LogP contribution in [-0.2, 0) is 32.6 Å². The molecular weight excluding hydrogens is 494 g/mol. The lowest BCUT2D eigenvalue weighted by molar-refractivity contribution is -0.124. The van der Waals surface area contributed by atoms with E-state index in [1.54, 1.807) is 18.2 Å². The summed E-state index contributed by atoms with van der Waals surface area (Å²) in [5.41, 5.74) is 3.38. The summed E-state index contributed by atoms with van der Waals surface area (Å²) in [7, 11) is -3.95. The van der Waals surface area contributed by atoms with Crippen LogP contribution in [0.1, 0.15) is 18.1 Å². The van der Waals surface area contributed by atoms with Crippen molar-refractivity contribution in [2.75, 3.05) is 18.8 Å². The first-order valence-electron chi connectivity index (χ1n) is 11.6. The maximum Gasteiger partial charge on any atom is 0.264 e. The predicted octanol–water partition coefficient (Wildman–Crippen LogP) is 3.17. The lowest BCUT2D eigenvalue weighted by Crippen LogP contribution is -2.37. The summed E-state index contributed by atoms with van der Waals surface area (Å²) >= 11 is 4.34. The third kappa shape index (κ3) is 7.94. The highest BCUT2D eigenvalue weighted by molar-refractivity contribution is 7.90. The third-order valence-corrected chi connectivity index (χ3v) is 7.50. The summed E-state index contributed by atoms with van der Waals surface area (Å²) in [6.07, 6.45) is 0.658. The molecule has 3 aromatic carbocycles. The fourth-order valence-electron chi connectivity index (χ4n) is 3.78. The molecule has 0 spiro atoms. The monoisotopic (exact) mass is 525 g/mol. The standard InChI is InChI=1S/C27H31N3O4S2/c1-20(31)30-36(33,34)26-10-6-5-9-25(26)23-13-11-22(12-14-23)18-28-15-16-29-27(32)24(19-35)17-21-7-3-2-4-8-21/h2-14,24,28,35H,15-19H2,1H3,(H,29,32)(H,30,31)/t24-/m1/s1. The first-order chi connectivity index (χ1) is 17.3. The zero-order valence-electron chi connectivity index (χ0n) is 20.1. The number of carbonyl (C=O) groups excluding carboxylic acids is 2. The highest BCUT2D eigenvalue weighted by Crippen LogP contribution is 2.27. The van der Waals surface area contributed by atoms with E-state index in [2.05, 4.69) is 23.3 Å². The van der Waals surface area contributed by atoms with E-state index in [1.165, 1.54) is 6.07 Å². The molecule has 0 aromatic heterocycles. The Morgan fingerprint density at radius 1 is 0.861 bits per heavy atom. The van der Waals surface area contributed by atoms with Crippen LogP contribution < -0.4 is 15.4 Å². The van der Waals surface area contributed by atoms with Gasteiger partial charge in [0, 0.05) is 37.9 Å². The second-order valence-electron chi connectivity index (χ2n) is 8.39. The Balaban J connectivity index is 1.50. The molecule has 0 aliphatic heterocycles. The van der Waals surface area contributed by atoms with Crippen LogP contribution in [0.5, 0.6) is 0 Å². The Kier molecular flexibility index (Phi) is 10.1. The van der Waals surface area contributed by atoms with E-state index in [-0.39, 0.29) is 16.7 Å². The topological polar surface area (TPSA) is 104 Å². The fourth-order valence-corrected chi connectivity index (χ4v) is 5.29. The van der Waals surface area contributed by atoms with E-state index < -0.39 is 15.9 Å². The highest BCUT2D eigenvalue weighted by atomic mass is 32.2. The van der Waals surface area contributed by atoms with E-state index in [9.17, 15) is 18.0 Å². The molecule has 3 N–H and O–H groups in total. The Labute approximate surface area is 218 Å². The van der Waals surface area contributed by atoms with Gasteiger partial charge in [0.1, 0.15) is 0 Å². The summed E-state index contributed by atoms with van der Waals surface area (Å²) in [5, 5.41) is 6.27. The molecule has 0 saturated carbocycles. The highest BCUT2D eigenvalue weighted by Gasteiger charge is 2.20. The second kappa shape index (κ2) is 13.2. The van der Waals surface area contributed by atoms with E-state index in [0.29, 0.717) is 37.4 Å². The Morgan fingerprint density at radius 3 is 2.19 bits per heavy atom. The number of sulfonamides is 1. The number of amides is 2. The average molecular weight is 526 g/mol. The van der Waals surface area contributed by atoms with E-state index in [1.807, 2.05) is 59.3 Å². The SMILES string of the molecule is CC(=O)NS(=O)(=O)c1ccccc1-c1ccc(CNCCNC(=O)[C@@H](CS)Cc2ccccc2)cc1. The Hall–Kier alpha value is -3.14. The van der Waals surface area contributed by atoms with Crippen LogP contribution in [0, 0.1) is 5.92 Å². The van der Waals surface area contributed by atoms with E-state index in [4.69, 9.17) is 0 Å². The molecule has 0 unspecified atom stereocenters. The van der Waals surface area contributed by atoms with Gasteiger partial charge in [-0.25, -0.2) is 13.1 Å². The smallest absolute Gasteiger partial charge is 0.264 e. The molecule has 0 heterocycles. The van der Waals surface area contributed by atoms with Gasteiger partial charge >= 0.3 is 0 Å². The fraction of sp³-hybridized carbons (Fsp3) is 0.259. The molecule has 9 heteroatoms. The second-order valence-corrected chi connectivity index (χ2v) is 10.4. The summed E-state index contributed by atoms with van der Waals surface area (Å²) in [5.74, 6) is -0.344. The van der Waals surface area contributed by atoms with Crippen LogP contribution in [0.25, 0.3) is 11.1 Å². The van der Waals surface area contributed by atoms with Gasteiger partial charge in [0.2, 0.25) is 11.8 Å². The van der Waals surface area contributed by atoms with Crippen molar-refractivity contribution in [3.63, 3.8) is 0 Å². The number of carbonyl (C=O) groups is 2. The first-order valence-corrected chi connectivity index (χ1v) is 13.8. The molecule has 0 saturated heterocycles. The molecular formula is C27H31N3O4S2. The van der Waals surface area contributed by atoms with Crippen LogP contribution in [0.4, 0.5) is 0 Å². The van der Waals surface area contributed by atoms with Gasteiger partial charge in [-0.15, -0.1) is 0 Å². The summed E-state index contributed by atoms with van der Waals surface area (Å²) in [4.78, 5) is 23.8. The molecule has 0 aliphatic rings. The quantitative estimate of drug-likeness (QED) is 0.215. The minimum atomic E-state index is -3.95. The molecule has 36 heavy (non-hydrogen) atoms. The van der Waals surface area contributed by atoms with Gasteiger partial charge in [0.05, 0.1) is 10.8 Å². The van der Waals surface area contributed by atoms with Crippen molar-refractivity contribution in [2.45, 2.75) is 24.8 Å². The zero-order chi connectivity index (χ0) is 26.0. The van der Waals surface area contributed by atoms with Crippen molar-refractivity contribution in [3.8, 4) is 11.1 Å². The first kappa shape index (κ1) is 27.4. The van der Waals surface area contributed by atoms with Crippen LogP contribution >= 0.6 is 12.6 Å². The van der Waals surface area contributed by atoms with Crippen molar-refractivity contribution in [3.05, 3.63) is 90.0 Å². The molecule has 0 radical (unpaired) electrons. The summed E-state index contributed by atoms with van der Waals surface area (Å²) in [6.45, 7) is 2.87. The average Bonchev–Trinajstić information content (AvgIpc) is 2.87. The number of rotatable bonds is 12. The molecule has 0 fully saturated rings. The lowest BCUT2D eigenvalue weighted by Gasteiger charge is -2.15. The van der Waals surface area contributed by atoms with Gasteiger partial charge in [-0.05, 0) is 29.2 Å². The van der Waals surface area contributed by atoms with Crippen LogP contribution in [0.15, 0.2) is 83.8 Å². The molecule has 3 aromatic rings. The van der Waals surface area contributed by atoms with Crippen LogP contribution in [0.2, 0.25) is 0 Å². The molecule has 1 atom stereocenters. The van der Waals surface area contributed by atoms with Gasteiger partial charge in [0.25, 0.3) is 10.0 Å². The minimum absolute atomic E-state index is 0.00659. The Morgan fingerprint density at radius 2 is 1.53 bits per heavy atom.